The molecule has 0 radical (unpaired) electrons. The summed E-state index contributed by atoms with van der Waals surface area (Å²) in [5.74, 6) is 1.15. The second-order valence-corrected chi connectivity index (χ2v) is 6.53. The average molecular weight is 315 g/mol. The second-order valence-electron chi connectivity index (χ2n) is 6.53. The van der Waals surface area contributed by atoms with Gasteiger partial charge in [-0.3, -0.25) is 14.5 Å². The van der Waals surface area contributed by atoms with Crippen molar-refractivity contribution in [3.05, 3.63) is 35.7 Å². The third-order valence-corrected chi connectivity index (χ3v) is 4.86. The van der Waals surface area contributed by atoms with Gasteiger partial charge in [-0.25, -0.2) is 4.98 Å². The van der Waals surface area contributed by atoms with Crippen LogP contribution in [0.3, 0.4) is 0 Å². The van der Waals surface area contributed by atoms with E-state index in [-0.39, 0.29) is 0 Å². The molecule has 0 bridgehead atoms. The molecule has 23 heavy (non-hydrogen) atoms. The summed E-state index contributed by atoms with van der Waals surface area (Å²) in [6.07, 6.45) is 3.89. The van der Waals surface area contributed by atoms with Crippen LogP contribution in [0.4, 0.5) is 0 Å². The zero-order valence-electron chi connectivity index (χ0n) is 13.8. The summed E-state index contributed by atoms with van der Waals surface area (Å²) in [6.45, 7) is 9.29. The van der Waals surface area contributed by atoms with Gasteiger partial charge in [0.2, 0.25) is 0 Å². The van der Waals surface area contributed by atoms with E-state index >= 15 is 0 Å². The predicted molar refractivity (Wildman–Crippen MR) is 87.7 cm³/mol. The lowest BCUT2D eigenvalue weighted by molar-refractivity contribution is 0.118. The maximum absolute atomic E-state index is 4.74. The standard InChI is InChI=1S/C16H25N7/c1-20-4-3-18-16(20)13-22-8-6-21(7-9-22)12-14-10-15-11-17-2-5-23(15)19-14/h3-4,10,17H,2,5-9,11-13H2,1H3. The Morgan fingerprint density at radius 2 is 1.87 bits per heavy atom. The molecule has 4 rings (SSSR count). The zero-order valence-corrected chi connectivity index (χ0v) is 13.8. The molecule has 7 heteroatoms. The number of imidazole rings is 1. The maximum Gasteiger partial charge on any atom is 0.122 e. The quantitative estimate of drug-likeness (QED) is 0.863. The van der Waals surface area contributed by atoms with Gasteiger partial charge in [0, 0.05) is 65.3 Å². The summed E-state index contributed by atoms with van der Waals surface area (Å²) >= 11 is 0. The largest absolute Gasteiger partial charge is 0.337 e. The Morgan fingerprint density at radius 3 is 2.57 bits per heavy atom. The number of rotatable bonds is 4. The van der Waals surface area contributed by atoms with E-state index in [1.165, 1.54) is 11.4 Å². The molecule has 0 aliphatic carbocycles. The number of aromatic nitrogens is 4. The van der Waals surface area contributed by atoms with Crippen LogP contribution in [0.1, 0.15) is 17.2 Å². The average Bonchev–Trinajstić information content (AvgIpc) is 3.15. The molecule has 124 valence electrons. The summed E-state index contributed by atoms with van der Waals surface area (Å²) in [4.78, 5) is 9.42. The van der Waals surface area contributed by atoms with E-state index in [1.807, 2.05) is 12.4 Å². The van der Waals surface area contributed by atoms with Crippen LogP contribution in [0.5, 0.6) is 0 Å². The lowest BCUT2D eigenvalue weighted by atomic mass is 10.2. The van der Waals surface area contributed by atoms with Crippen molar-refractivity contribution in [1.29, 1.82) is 0 Å². The monoisotopic (exact) mass is 315 g/mol. The van der Waals surface area contributed by atoms with E-state index in [1.54, 1.807) is 0 Å². The first kappa shape index (κ1) is 14.9. The fourth-order valence-corrected chi connectivity index (χ4v) is 3.41. The first-order valence-corrected chi connectivity index (χ1v) is 8.45. The number of nitrogens with one attached hydrogen (secondary N) is 1. The fourth-order valence-electron chi connectivity index (χ4n) is 3.41. The Kier molecular flexibility index (Phi) is 4.15. The highest BCUT2D eigenvalue weighted by Gasteiger charge is 2.20. The van der Waals surface area contributed by atoms with Crippen molar-refractivity contribution in [3.8, 4) is 0 Å². The molecular formula is C16H25N7. The second kappa shape index (κ2) is 6.43. The maximum atomic E-state index is 4.74. The minimum Gasteiger partial charge on any atom is -0.337 e. The lowest BCUT2D eigenvalue weighted by Crippen LogP contribution is -2.45. The van der Waals surface area contributed by atoms with Gasteiger partial charge in [-0.2, -0.15) is 5.10 Å². The first-order chi connectivity index (χ1) is 11.3. The number of nitrogens with zero attached hydrogens (tertiary/aromatic N) is 6. The Hall–Kier alpha value is -1.70. The molecule has 7 nitrogen and oxygen atoms in total. The Bertz CT molecular complexity index is 628. The summed E-state index contributed by atoms with van der Waals surface area (Å²) in [7, 11) is 2.06. The normalized spacial score (nSPS) is 19.9. The van der Waals surface area contributed by atoms with Gasteiger partial charge in [-0.15, -0.1) is 0 Å². The summed E-state index contributed by atoms with van der Waals surface area (Å²) in [6, 6.07) is 2.26. The van der Waals surface area contributed by atoms with Gasteiger partial charge >= 0.3 is 0 Å². The zero-order chi connectivity index (χ0) is 15.6. The van der Waals surface area contributed by atoms with Crippen LogP contribution in [0.15, 0.2) is 18.5 Å². The van der Waals surface area contributed by atoms with E-state index in [0.29, 0.717) is 0 Å². The van der Waals surface area contributed by atoms with Crippen molar-refractivity contribution >= 4 is 0 Å². The molecule has 0 atom stereocenters. The van der Waals surface area contributed by atoms with E-state index in [2.05, 4.69) is 42.5 Å². The number of aryl methyl sites for hydroxylation is 1. The molecule has 0 spiro atoms. The Labute approximate surface area is 136 Å². The molecule has 0 saturated carbocycles. The minimum absolute atomic E-state index is 0.946. The van der Waals surface area contributed by atoms with Crippen LogP contribution >= 0.6 is 0 Å². The van der Waals surface area contributed by atoms with Crippen molar-refractivity contribution in [2.24, 2.45) is 7.05 Å². The van der Waals surface area contributed by atoms with Crippen LogP contribution < -0.4 is 5.32 Å². The number of fused-ring (bicyclic) bond motifs is 1. The van der Waals surface area contributed by atoms with Crippen molar-refractivity contribution in [1.82, 2.24) is 34.4 Å². The van der Waals surface area contributed by atoms with E-state index in [4.69, 9.17) is 5.10 Å². The van der Waals surface area contributed by atoms with Crippen LogP contribution in [-0.4, -0.2) is 61.9 Å². The summed E-state index contributed by atoms with van der Waals surface area (Å²) in [5.41, 5.74) is 2.53. The van der Waals surface area contributed by atoms with Crippen molar-refractivity contribution < 1.29 is 0 Å². The van der Waals surface area contributed by atoms with Gasteiger partial charge in [0.15, 0.2) is 0 Å². The lowest BCUT2D eigenvalue weighted by Gasteiger charge is -2.34. The number of hydrogen-bond acceptors (Lipinski definition) is 5. The molecule has 2 aromatic rings. The molecule has 1 fully saturated rings. The van der Waals surface area contributed by atoms with E-state index < -0.39 is 0 Å². The van der Waals surface area contributed by atoms with Crippen LogP contribution in [0, 0.1) is 0 Å². The highest BCUT2D eigenvalue weighted by molar-refractivity contribution is 5.12. The SMILES string of the molecule is Cn1ccnc1CN1CCN(Cc2cc3n(n2)CCNC3)CC1. The molecule has 1 N–H and O–H groups in total. The van der Waals surface area contributed by atoms with Crippen molar-refractivity contribution in [3.63, 3.8) is 0 Å². The van der Waals surface area contributed by atoms with Crippen LogP contribution in [0.2, 0.25) is 0 Å². The third kappa shape index (κ3) is 3.31. The van der Waals surface area contributed by atoms with Gasteiger partial charge in [-0.1, -0.05) is 0 Å². The topological polar surface area (TPSA) is 54.2 Å². The molecule has 4 heterocycles. The van der Waals surface area contributed by atoms with Gasteiger partial charge in [0.25, 0.3) is 0 Å². The Balaban J connectivity index is 1.29. The number of hydrogen-bond donors (Lipinski definition) is 1. The van der Waals surface area contributed by atoms with Crippen molar-refractivity contribution in [2.45, 2.75) is 26.2 Å². The van der Waals surface area contributed by atoms with Crippen LogP contribution in [-0.2, 0) is 33.2 Å². The van der Waals surface area contributed by atoms with E-state index in [0.717, 1.165) is 64.7 Å². The summed E-state index contributed by atoms with van der Waals surface area (Å²) < 4.78 is 4.26. The molecule has 1 saturated heterocycles. The van der Waals surface area contributed by atoms with E-state index in [9.17, 15) is 0 Å². The summed E-state index contributed by atoms with van der Waals surface area (Å²) in [5, 5.41) is 8.14. The number of piperazine rings is 1. The minimum atomic E-state index is 0.946. The molecule has 0 unspecified atom stereocenters. The first-order valence-electron chi connectivity index (χ1n) is 8.45. The highest BCUT2D eigenvalue weighted by atomic mass is 15.3. The molecular weight excluding hydrogens is 290 g/mol. The smallest absolute Gasteiger partial charge is 0.122 e. The fraction of sp³-hybridized carbons (Fsp3) is 0.625. The molecule has 2 aliphatic rings. The molecule has 2 aliphatic heterocycles. The van der Waals surface area contributed by atoms with Gasteiger partial charge < -0.3 is 9.88 Å². The van der Waals surface area contributed by atoms with Crippen LogP contribution in [0.25, 0.3) is 0 Å². The molecule has 0 aromatic carbocycles. The molecule has 0 amide bonds. The third-order valence-electron chi connectivity index (χ3n) is 4.86. The predicted octanol–water partition coefficient (Wildman–Crippen LogP) is 0.0376. The van der Waals surface area contributed by atoms with Gasteiger partial charge in [-0.05, 0) is 6.07 Å². The highest BCUT2D eigenvalue weighted by Crippen LogP contribution is 2.13. The Morgan fingerprint density at radius 1 is 1.09 bits per heavy atom. The molecule has 2 aromatic heterocycles. The van der Waals surface area contributed by atoms with Crippen molar-refractivity contribution in [2.75, 3.05) is 32.7 Å². The van der Waals surface area contributed by atoms with Gasteiger partial charge in [0.1, 0.15) is 5.82 Å². The van der Waals surface area contributed by atoms with Gasteiger partial charge in [0.05, 0.1) is 24.5 Å².